The first-order valence-corrected chi connectivity index (χ1v) is 6.56. The predicted octanol–water partition coefficient (Wildman–Crippen LogP) is 1.07. The van der Waals surface area contributed by atoms with Crippen molar-refractivity contribution in [2.45, 2.75) is 26.8 Å². The number of nitrogens with two attached hydrogens (primary N) is 1. The highest BCUT2D eigenvalue weighted by Crippen LogP contribution is 2.21. The Morgan fingerprint density at radius 3 is 2.70 bits per heavy atom. The van der Waals surface area contributed by atoms with Gasteiger partial charge >= 0.3 is 0 Å². The molecule has 0 atom stereocenters. The first kappa shape index (κ1) is 14.1. The normalized spacial score (nSPS) is 10.8. The highest BCUT2D eigenvalue weighted by Gasteiger charge is 2.17. The summed E-state index contributed by atoms with van der Waals surface area (Å²) in [5.74, 6) is 0.572. The predicted molar refractivity (Wildman–Crippen MR) is 76.8 cm³/mol. The lowest BCUT2D eigenvalue weighted by atomic mass is 10.4. The molecule has 7 heteroatoms. The summed E-state index contributed by atoms with van der Waals surface area (Å²) < 4.78 is 3.43. The first-order valence-electron chi connectivity index (χ1n) is 6.56. The van der Waals surface area contributed by atoms with E-state index in [1.54, 1.807) is 31.0 Å². The SMILES string of the molecule is CCCn1nc(C)c(N)c1-n1ccc(C(=O)N(C)C)n1. The Hall–Kier alpha value is -2.31. The van der Waals surface area contributed by atoms with Crippen LogP contribution in [0.2, 0.25) is 0 Å². The fraction of sp³-hybridized carbons (Fsp3) is 0.462. The van der Waals surface area contributed by atoms with Crippen LogP contribution in [0.15, 0.2) is 12.3 Å². The summed E-state index contributed by atoms with van der Waals surface area (Å²) >= 11 is 0. The van der Waals surface area contributed by atoms with Crippen LogP contribution in [0.3, 0.4) is 0 Å². The van der Waals surface area contributed by atoms with E-state index in [4.69, 9.17) is 5.73 Å². The van der Waals surface area contributed by atoms with E-state index in [1.807, 2.05) is 11.6 Å². The zero-order chi connectivity index (χ0) is 14.9. The molecule has 0 saturated carbocycles. The molecule has 0 bridgehead atoms. The van der Waals surface area contributed by atoms with E-state index in [1.165, 1.54) is 4.90 Å². The number of aryl methyl sites for hydroxylation is 2. The maximum Gasteiger partial charge on any atom is 0.273 e. The van der Waals surface area contributed by atoms with E-state index in [0.717, 1.165) is 18.7 Å². The van der Waals surface area contributed by atoms with Gasteiger partial charge < -0.3 is 10.6 Å². The fourth-order valence-corrected chi connectivity index (χ4v) is 1.98. The van der Waals surface area contributed by atoms with Crippen molar-refractivity contribution in [1.82, 2.24) is 24.5 Å². The second kappa shape index (κ2) is 5.36. The number of hydrogen-bond donors (Lipinski definition) is 1. The highest BCUT2D eigenvalue weighted by molar-refractivity contribution is 5.91. The van der Waals surface area contributed by atoms with Gasteiger partial charge in [-0.25, -0.2) is 9.36 Å². The second-order valence-electron chi connectivity index (χ2n) is 4.89. The molecule has 0 aliphatic heterocycles. The Morgan fingerprint density at radius 2 is 2.10 bits per heavy atom. The monoisotopic (exact) mass is 276 g/mol. The van der Waals surface area contributed by atoms with Crippen molar-refractivity contribution in [3.63, 3.8) is 0 Å². The van der Waals surface area contributed by atoms with Gasteiger partial charge in [0, 0.05) is 26.8 Å². The van der Waals surface area contributed by atoms with Crippen LogP contribution in [0.5, 0.6) is 0 Å². The number of nitrogen functional groups attached to an aromatic ring is 1. The largest absolute Gasteiger partial charge is 0.394 e. The molecule has 0 saturated heterocycles. The first-order chi connectivity index (χ1) is 9.45. The maximum atomic E-state index is 11.9. The third kappa shape index (κ3) is 2.38. The van der Waals surface area contributed by atoms with Crippen molar-refractivity contribution >= 4 is 11.6 Å². The molecule has 0 aromatic carbocycles. The van der Waals surface area contributed by atoms with E-state index >= 15 is 0 Å². The molecule has 0 aliphatic carbocycles. The van der Waals surface area contributed by atoms with Gasteiger partial charge in [0.05, 0.1) is 11.4 Å². The molecule has 0 spiro atoms. The molecular weight excluding hydrogens is 256 g/mol. The van der Waals surface area contributed by atoms with Gasteiger partial charge in [-0.05, 0) is 19.4 Å². The van der Waals surface area contributed by atoms with Crippen molar-refractivity contribution in [1.29, 1.82) is 0 Å². The zero-order valence-corrected chi connectivity index (χ0v) is 12.3. The highest BCUT2D eigenvalue weighted by atomic mass is 16.2. The Balaban J connectivity index is 2.44. The molecular formula is C13H20N6O. The van der Waals surface area contributed by atoms with Crippen LogP contribution in [0.4, 0.5) is 5.69 Å². The van der Waals surface area contributed by atoms with Gasteiger partial charge in [-0.2, -0.15) is 10.2 Å². The molecule has 2 heterocycles. The summed E-state index contributed by atoms with van der Waals surface area (Å²) in [5, 5.41) is 8.70. The minimum Gasteiger partial charge on any atom is -0.394 e. The van der Waals surface area contributed by atoms with E-state index < -0.39 is 0 Å². The molecule has 2 N–H and O–H groups in total. The number of hydrogen-bond acceptors (Lipinski definition) is 4. The van der Waals surface area contributed by atoms with Crippen molar-refractivity contribution < 1.29 is 4.79 Å². The standard InChI is InChI=1S/C13H20N6O/c1-5-7-18-12(11(14)9(2)15-18)19-8-6-10(16-19)13(20)17(3)4/h6,8H,5,7,14H2,1-4H3. The van der Waals surface area contributed by atoms with Gasteiger partial charge in [0.25, 0.3) is 5.91 Å². The summed E-state index contributed by atoms with van der Waals surface area (Å²) in [6, 6.07) is 1.68. The summed E-state index contributed by atoms with van der Waals surface area (Å²) in [5.41, 5.74) is 7.81. The topological polar surface area (TPSA) is 82.0 Å². The molecule has 2 aromatic heterocycles. The van der Waals surface area contributed by atoms with Gasteiger partial charge in [0.2, 0.25) is 0 Å². The van der Waals surface area contributed by atoms with Crippen LogP contribution in [0, 0.1) is 6.92 Å². The van der Waals surface area contributed by atoms with Crippen molar-refractivity contribution in [2.75, 3.05) is 19.8 Å². The van der Waals surface area contributed by atoms with Gasteiger partial charge in [-0.15, -0.1) is 0 Å². The molecule has 20 heavy (non-hydrogen) atoms. The Bertz CT molecular complexity index is 625. The minimum atomic E-state index is -0.138. The van der Waals surface area contributed by atoms with Crippen LogP contribution in [0.25, 0.3) is 5.82 Å². The van der Waals surface area contributed by atoms with Gasteiger partial charge in [-0.3, -0.25) is 4.79 Å². The van der Waals surface area contributed by atoms with Crippen LogP contribution in [0.1, 0.15) is 29.5 Å². The molecule has 0 unspecified atom stereocenters. The van der Waals surface area contributed by atoms with E-state index in [0.29, 0.717) is 17.2 Å². The van der Waals surface area contributed by atoms with E-state index in [9.17, 15) is 4.79 Å². The zero-order valence-electron chi connectivity index (χ0n) is 12.3. The second-order valence-corrected chi connectivity index (χ2v) is 4.89. The van der Waals surface area contributed by atoms with Crippen molar-refractivity contribution in [2.24, 2.45) is 0 Å². The number of aromatic nitrogens is 4. The third-order valence-electron chi connectivity index (χ3n) is 3.01. The lowest BCUT2D eigenvalue weighted by Gasteiger charge is -2.08. The molecule has 0 aliphatic rings. The number of carbonyl (C=O) groups excluding carboxylic acids is 1. The summed E-state index contributed by atoms with van der Waals surface area (Å²) in [6.07, 6.45) is 2.67. The Kier molecular flexibility index (Phi) is 3.78. The molecule has 1 amide bonds. The lowest BCUT2D eigenvalue weighted by molar-refractivity contribution is 0.0821. The average molecular weight is 276 g/mol. The molecule has 0 radical (unpaired) electrons. The minimum absolute atomic E-state index is 0.138. The van der Waals surface area contributed by atoms with Crippen LogP contribution < -0.4 is 5.73 Å². The quantitative estimate of drug-likeness (QED) is 0.905. The number of nitrogens with zero attached hydrogens (tertiary/aromatic N) is 5. The average Bonchev–Trinajstić information content (AvgIpc) is 2.96. The molecule has 2 rings (SSSR count). The van der Waals surface area contributed by atoms with Gasteiger partial charge in [0.15, 0.2) is 11.5 Å². The lowest BCUT2D eigenvalue weighted by Crippen LogP contribution is -2.22. The molecule has 7 nitrogen and oxygen atoms in total. The van der Waals surface area contributed by atoms with Crippen molar-refractivity contribution in [3.8, 4) is 5.82 Å². The number of anilines is 1. The van der Waals surface area contributed by atoms with Crippen LogP contribution in [-0.2, 0) is 6.54 Å². The Labute approximate surface area is 118 Å². The summed E-state index contributed by atoms with van der Waals surface area (Å²) in [7, 11) is 3.39. The summed E-state index contributed by atoms with van der Waals surface area (Å²) in [4.78, 5) is 13.4. The van der Waals surface area contributed by atoms with E-state index in [2.05, 4.69) is 17.1 Å². The van der Waals surface area contributed by atoms with Crippen LogP contribution in [-0.4, -0.2) is 44.5 Å². The molecule has 2 aromatic rings. The number of rotatable bonds is 4. The smallest absolute Gasteiger partial charge is 0.273 e. The maximum absolute atomic E-state index is 11.9. The fourth-order valence-electron chi connectivity index (χ4n) is 1.98. The van der Waals surface area contributed by atoms with Gasteiger partial charge in [0.1, 0.15) is 0 Å². The van der Waals surface area contributed by atoms with E-state index in [-0.39, 0.29) is 5.91 Å². The third-order valence-corrected chi connectivity index (χ3v) is 3.01. The van der Waals surface area contributed by atoms with Crippen LogP contribution >= 0.6 is 0 Å². The molecule has 0 fully saturated rings. The Morgan fingerprint density at radius 1 is 1.40 bits per heavy atom. The van der Waals surface area contributed by atoms with Crippen molar-refractivity contribution in [3.05, 3.63) is 23.7 Å². The van der Waals surface area contributed by atoms with Gasteiger partial charge in [-0.1, -0.05) is 6.92 Å². The molecule has 108 valence electrons. The summed E-state index contributed by atoms with van der Waals surface area (Å²) in [6.45, 7) is 4.69. The number of carbonyl (C=O) groups is 1. The number of amides is 1.